The quantitative estimate of drug-likeness (QED) is 0.833. The summed E-state index contributed by atoms with van der Waals surface area (Å²) in [6, 6.07) is 7.72. The summed E-state index contributed by atoms with van der Waals surface area (Å²) in [6.07, 6.45) is 5.45. The first-order valence-electron chi connectivity index (χ1n) is 10.6. The zero-order chi connectivity index (χ0) is 19.9. The van der Waals surface area contributed by atoms with E-state index in [0.717, 1.165) is 37.2 Å². The van der Waals surface area contributed by atoms with E-state index in [2.05, 4.69) is 31.2 Å². The smallest absolute Gasteiger partial charge is 0.243 e. The van der Waals surface area contributed by atoms with Crippen molar-refractivity contribution in [3.63, 3.8) is 0 Å². The first-order chi connectivity index (χ1) is 13.4. The van der Waals surface area contributed by atoms with Crippen molar-refractivity contribution in [1.82, 2.24) is 9.96 Å². The molecule has 2 atom stereocenters. The number of rotatable bonds is 4. The van der Waals surface area contributed by atoms with Gasteiger partial charge in [0.15, 0.2) is 0 Å². The standard InChI is InChI=1S/C22H31N3O3/c1-2-15-5-3-4-6-17(15)16-7-11-24(12-8-16)21(27)19-18(20(23)26)13-22(9-10-22)14-25(19)28/h3-6,16,18-19,28H,2,7-14H2,1H3,(H2,23,26)/t18-,19-/m0/s1. The Hall–Kier alpha value is -1.92. The number of primary amides is 1. The lowest BCUT2D eigenvalue weighted by molar-refractivity contribution is -0.193. The highest BCUT2D eigenvalue weighted by Gasteiger charge is 2.55. The van der Waals surface area contributed by atoms with Gasteiger partial charge in [-0.1, -0.05) is 31.2 Å². The summed E-state index contributed by atoms with van der Waals surface area (Å²) in [5, 5.41) is 11.6. The molecule has 0 radical (unpaired) electrons. The molecule has 2 saturated heterocycles. The molecule has 1 aromatic carbocycles. The molecule has 1 saturated carbocycles. The molecule has 2 aliphatic heterocycles. The van der Waals surface area contributed by atoms with Crippen LogP contribution in [0.15, 0.2) is 24.3 Å². The summed E-state index contributed by atoms with van der Waals surface area (Å²) in [4.78, 5) is 27.0. The highest BCUT2D eigenvalue weighted by atomic mass is 16.5. The van der Waals surface area contributed by atoms with E-state index in [-0.39, 0.29) is 11.3 Å². The Morgan fingerprint density at radius 2 is 1.89 bits per heavy atom. The number of carbonyl (C=O) groups is 2. The van der Waals surface area contributed by atoms with Crippen LogP contribution in [-0.4, -0.2) is 52.7 Å². The number of carbonyl (C=O) groups excluding carboxylic acids is 2. The van der Waals surface area contributed by atoms with Gasteiger partial charge in [-0.25, -0.2) is 0 Å². The van der Waals surface area contributed by atoms with Crippen LogP contribution in [0.5, 0.6) is 0 Å². The first-order valence-corrected chi connectivity index (χ1v) is 10.6. The lowest BCUT2D eigenvalue weighted by atomic mass is 9.80. The molecule has 1 aromatic rings. The predicted octanol–water partition coefficient (Wildman–Crippen LogP) is 2.30. The van der Waals surface area contributed by atoms with Gasteiger partial charge in [0.1, 0.15) is 6.04 Å². The van der Waals surface area contributed by atoms with Gasteiger partial charge in [-0.15, -0.1) is 0 Å². The average Bonchev–Trinajstić information content (AvgIpc) is 3.45. The van der Waals surface area contributed by atoms with Gasteiger partial charge in [0.25, 0.3) is 0 Å². The molecule has 3 N–H and O–H groups in total. The van der Waals surface area contributed by atoms with E-state index in [9.17, 15) is 14.8 Å². The minimum Gasteiger partial charge on any atom is -0.369 e. The van der Waals surface area contributed by atoms with E-state index in [1.54, 1.807) is 0 Å². The largest absolute Gasteiger partial charge is 0.369 e. The Labute approximate surface area is 166 Å². The van der Waals surface area contributed by atoms with Crippen LogP contribution in [-0.2, 0) is 16.0 Å². The van der Waals surface area contributed by atoms with Crippen LogP contribution in [0.25, 0.3) is 0 Å². The zero-order valence-corrected chi connectivity index (χ0v) is 16.6. The van der Waals surface area contributed by atoms with Crippen molar-refractivity contribution in [3.8, 4) is 0 Å². The van der Waals surface area contributed by atoms with Crippen molar-refractivity contribution in [2.45, 2.75) is 57.4 Å². The van der Waals surface area contributed by atoms with Crippen LogP contribution in [0, 0.1) is 11.3 Å². The Balaban J connectivity index is 1.44. The number of amides is 2. The Morgan fingerprint density at radius 3 is 2.50 bits per heavy atom. The van der Waals surface area contributed by atoms with Crippen molar-refractivity contribution in [2.24, 2.45) is 17.1 Å². The van der Waals surface area contributed by atoms with Crippen LogP contribution < -0.4 is 5.73 Å². The van der Waals surface area contributed by atoms with Gasteiger partial charge in [-0.3, -0.25) is 9.59 Å². The number of hydroxylamine groups is 2. The van der Waals surface area contributed by atoms with Gasteiger partial charge in [-0.05, 0) is 61.0 Å². The molecule has 3 fully saturated rings. The zero-order valence-electron chi connectivity index (χ0n) is 16.6. The molecule has 0 aromatic heterocycles. The first kappa shape index (κ1) is 19.4. The van der Waals surface area contributed by atoms with E-state index in [4.69, 9.17) is 5.73 Å². The van der Waals surface area contributed by atoms with E-state index < -0.39 is 17.9 Å². The lowest BCUT2D eigenvalue weighted by Crippen LogP contribution is -2.59. The van der Waals surface area contributed by atoms with Gasteiger partial charge in [0.2, 0.25) is 11.8 Å². The minimum atomic E-state index is -0.830. The van der Waals surface area contributed by atoms with Crippen LogP contribution in [0.2, 0.25) is 0 Å². The van der Waals surface area contributed by atoms with Gasteiger partial charge in [0, 0.05) is 19.6 Å². The Bertz CT molecular complexity index is 753. The monoisotopic (exact) mass is 385 g/mol. The van der Waals surface area contributed by atoms with Crippen molar-refractivity contribution in [1.29, 1.82) is 0 Å². The fraction of sp³-hybridized carbons (Fsp3) is 0.636. The number of piperidine rings is 2. The number of nitrogens with two attached hydrogens (primary N) is 1. The van der Waals surface area contributed by atoms with Crippen molar-refractivity contribution in [3.05, 3.63) is 35.4 Å². The van der Waals surface area contributed by atoms with E-state index in [1.165, 1.54) is 11.1 Å². The predicted molar refractivity (Wildman–Crippen MR) is 106 cm³/mol. The van der Waals surface area contributed by atoms with Crippen LogP contribution in [0.3, 0.4) is 0 Å². The normalized spacial score (nSPS) is 27.7. The molecule has 1 spiro atoms. The van der Waals surface area contributed by atoms with Gasteiger partial charge < -0.3 is 15.8 Å². The molecule has 0 unspecified atom stereocenters. The maximum absolute atomic E-state index is 13.2. The SMILES string of the molecule is CCc1ccccc1C1CCN(C(=O)[C@@H]2[C@@H](C(N)=O)CC3(CC3)CN2O)CC1. The summed E-state index contributed by atoms with van der Waals surface area (Å²) in [7, 11) is 0. The summed E-state index contributed by atoms with van der Waals surface area (Å²) in [5.74, 6) is -0.773. The fourth-order valence-electron chi connectivity index (χ4n) is 5.24. The number of hydrogen-bond donors (Lipinski definition) is 2. The third-order valence-corrected chi connectivity index (χ3v) is 7.11. The number of nitrogens with zero attached hydrogens (tertiary/aromatic N) is 2. The summed E-state index contributed by atoms with van der Waals surface area (Å²) in [5.41, 5.74) is 8.38. The second-order valence-electron chi connectivity index (χ2n) is 8.91. The van der Waals surface area contributed by atoms with Crippen LogP contribution in [0.1, 0.15) is 56.1 Å². The number of likely N-dealkylation sites (tertiary alicyclic amines) is 1. The summed E-state index contributed by atoms with van der Waals surface area (Å²) >= 11 is 0. The Morgan fingerprint density at radius 1 is 1.21 bits per heavy atom. The molecule has 4 rings (SSSR count). The number of hydrogen-bond acceptors (Lipinski definition) is 4. The van der Waals surface area contributed by atoms with Crippen LogP contribution >= 0.6 is 0 Å². The molecule has 152 valence electrons. The summed E-state index contributed by atoms with van der Waals surface area (Å²) in [6.45, 7) is 3.95. The van der Waals surface area contributed by atoms with E-state index in [0.29, 0.717) is 32.0 Å². The molecular formula is C22H31N3O3. The summed E-state index contributed by atoms with van der Waals surface area (Å²) < 4.78 is 0. The molecule has 3 aliphatic rings. The molecule has 1 aliphatic carbocycles. The van der Waals surface area contributed by atoms with Crippen molar-refractivity contribution < 1.29 is 14.8 Å². The maximum atomic E-state index is 13.2. The molecule has 0 bridgehead atoms. The molecule has 28 heavy (non-hydrogen) atoms. The van der Waals surface area contributed by atoms with Crippen LogP contribution in [0.4, 0.5) is 0 Å². The molecule has 2 heterocycles. The second-order valence-corrected chi connectivity index (χ2v) is 8.91. The van der Waals surface area contributed by atoms with Gasteiger partial charge in [-0.2, -0.15) is 5.06 Å². The maximum Gasteiger partial charge on any atom is 0.243 e. The average molecular weight is 386 g/mol. The number of benzene rings is 1. The lowest BCUT2D eigenvalue weighted by Gasteiger charge is -2.43. The molecule has 2 amide bonds. The van der Waals surface area contributed by atoms with E-state index >= 15 is 0 Å². The van der Waals surface area contributed by atoms with Crippen molar-refractivity contribution >= 4 is 11.8 Å². The molecular weight excluding hydrogens is 354 g/mol. The third kappa shape index (κ3) is 3.55. The highest BCUT2D eigenvalue weighted by Crippen LogP contribution is 2.54. The highest BCUT2D eigenvalue weighted by molar-refractivity contribution is 5.89. The van der Waals surface area contributed by atoms with E-state index in [1.807, 2.05) is 4.90 Å². The number of aryl methyl sites for hydroxylation is 1. The minimum absolute atomic E-state index is 0.0118. The Kier molecular flexibility index (Phi) is 5.19. The van der Waals surface area contributed by atoms with Gasteiger partial charge >= 0.3 is 0 Å². The molecule has 6 nitrogen and oxygen atoms in total. The van der Waals surface area contributed by atoms with Gasteiger partial charge in [0.05, 0.1) is 5.92 Å². The third-order valence-electron chi connectivity index (χ3n) is 7.11. The second kappa shape index (κ2) is 7.48. The molecule has 6 heteroatoms. The fourth-order valence-corrected chi connectivity index (χ4v) is 5.24. The topological polar surface area (TPSA) is 86.9 Å². The van der Waals surface area contributed by atoms with Crippen molar-refractivity contribution in [2.75, 3.05) is 19.6 Å².